The zero-order chi connectivity index (χ0) is 11.1. The standard InChI is InChI=1S/C14H19Br/c1-3-7-12(2)14(15)11-10-13-8-5-4-6-9-13/h4-6,8-12,14H,3,7H2,1-2H3/b11-10+. The summed E-state index contributed by atoms with van der Waals surface area (Å²) in [4.78, 5) is 0.484. The molecule has 1 heteroatoms. The SMILES string of the molecule is CCCC(C)C(Br)/C=C/c1ccccc1. The summed E-state index contributed by atoms with van der Waals surface area (Å²) >= 11 is 3.71. The van der Waals surface area contributed by atoms with Gasteiger partial charge in [-0.05, 0) is 17.9 Å². The Bertz CT molecular complexity index is 289. The Morgan fingerprint density at radius 3 is 2.53 bits per heavy atom. The molecule has 0 radical (unpaired) electrons. The van der Waals surface area contributed by atoms with Crippen LogP contribution in [0.25, 0.3) is 6.08 Å². The number of hydrogen-bond acceptors (Lipinski definition) is 0. The maximum Gasteiger partial charge on any atom is 0.0354 e. The van der Waals surface area contributed by atoms with E-state index in [-0.39, 0.29) is 0 Å². The summed E-state index contributed by atoms with van der Waals surface area (Å²) in [6, 6.07) is 10.4. The predicted molar refractivity (Wildman–Crippen MR) is 72.3 cm³/mol. The van der Waals surface area contributed by atoms with Crippen LogP contribution < -0.4 is 0 Å². The van der Waals surface area contributed by atoms with Gasteiger partial charge in [-0.25, -0.2) is 0 Å². The third kappa shape index (κ3) is 4.65. The van der Waals surface area contributed by atoms with Crippen LogP contribution in [-0.2, 0) is 0 Å². The number of rotatable bonds is 5. The summed E-state index contributed by atoms with van der Waals surface area (Å²) < 4.78 is 0. The number of allylic oxidation sites excluding steroid dienone is 1. The van der Waals surface area contributed by atoms with Crippen molar-refractivity contribution in [3.63, 3.8) is 0 Å². The molecule has 15 heavy (non-hydrogen) atoms. The molecule has 0 aliphatic carbocycles. The van der Waals surface area contributed by atoms with Gasteiger partial charge in [-0.2, -0.15) is 0 Å². The van der Waals surface area contributed by atoms with E-state index in [1.165, 1.54) is 18.4 Å². The Kier molecular flexibility index (Phi) is 5.70. The Morgan fingerprint density at radius 1 is 1.27 bits per heavy atom. The van der Waals surface area contributed by atoms with Crippen LogP contribution in [0.4, 0.5) is 0 Å². The minimum absolute atomic E-state index is 0.484. The molecule has 0 spiro atoms. The van der Waals surface area contributed by atoms with Gasteiger partial charge in [-0.15, -0.1) is 0 Å². The quantitative estimate of drug-likeness (QED) is 0.665. The van der Waals surface area contributed by atoms with Crippen LogP contribution >= 0.6 is 15.9 Å². The summed E-state index contributed by atoms with van der Waals surface area (Å²) in [5, 5.41) is 0. The number of halogens is 1. The van der Waals surface area contributed by atoms with E-state index in [9.17, 15) is 0 Å². The lowest BCUT2D eigenvalue weighted by Crippen LogP contribution is -2.06. The van der Waals surface area contributed by atoms with Gasteiger partial charge in [0.1, 0.15) is 0 Å². The molecule has 2 unspecified atom stereocenters. The minimum atomic E-state index is 0.484. The van der Waals surface area contributed by atoms with E-state index in [4.69, 9.17) is 0 Å². The fourth-order valence-corrected chi connectivity index (χ4v) is 1.99. The van der Waals surface area contributed by atoms with Crippen molar-refractivity contribution in [3.05, 3.63) is 42.0 Å². The monoisotopic (exact) mass is 266 g/mol. The predicted octanol–water partition coefficient (Wildman–Crippen LogP) is 4.90. The molecule has 0 fully saturated rings. The van der Waals surface area contributed by atoms with Crippen molar-refractivity contribution in [3.8, 4) is 0 Å². The van der Waals surface area contributed by atoms with E-state index >= 15 is 0 Å². The topological polar surface area (TPSA) is 0 Å². The lowest BCUT2D eigenvalue weighted by molar-refractivity contribution is 0.548. The third-order valence-electron chi connectivity index (χ3n) is 2.56. The molecule has 0 saturated heterocycles. The van der Waals surface area contributed by atoms with Crippen molar-refractivity contribution < 1.29 is 0 Å². The first-order valence-corrected chi connectivity index (χ1v) is 6.53. The second-order valence-electron chi connectivity index (χ2n) is 3.98. The van der Waals surface area contributed by atoms with Gasteiger partial charge >= 0.3 is 0 Å². The van der Waals surface area contributed by atoms with Gasteiger partial charge in [0, 0.05) is 4.83 Å². The van der Waals surface area contributed by atoms with E-state index in [0.717, 1.165) is 0 Å². The van der Waals surface area contributed by atoms with Crippen LogP contribution in [0.15, 0.2) is 36.4 Å². The highest BCUT2D eigenvalue weighted by Gasteiger charge is 2.08. The highest BCUT2D eigenvalue weighted by molar-refractivity contribution is 9.09. The van der Waals surface area contributed by atoms with E-state index < -0.39 is 0 Å². The average Bonchev–Trinajstić information content (AvgIpc) is 2.27. The minimum Gasteiger partial charge on any atom is -0.0842 e. The molecular weight excluding hydrogens is 248 g/mol. The lowest BCUT2D eigenvalue weighted by atomic mass is 10.0. The fourth-order valence-electron chi connectivity index (χ4n) is 1.57. The van der Waals surface area contributed by atoms with Crippen LogP contribution in [0.1, 0.15) is 32.3 Å². The molecule has 82 valence electrons. The van der Waals surface area contributed by atoms with Gasteiger partial charge in [-0.1, -0.05) is 78.7 Å². The van der Waals surface area contributed by atoms with E-state index in [2.05, 4.69) is 66.2 Å². The van der Waals surface area contributed by atoms with E-state index in [1.807, 2.05) is 6.07 Å². The van der Waals surface area contributed by atoms with Gasteiger partial charge < -0.3 is 0 Å². The van der Waals surface area contributed by atoms with Gasteiger partial charge in [0.15, 0.2) is 0 Å². The van der Waals surface area contributed by atoms with Crippen LogP contribution in [0.5, 0.6) is 0 Å². The lowest BCUT2D eigenvalue weighted by Gasteiger charge is -2.13. The molecule has 0 aromatic heterocycles. The largest absolute Gasteiger partial charge is 0.0842 e. The highest BCUT2D eigenvalue weighted by atomic mass is 79.9. The molecule has 1 rings (SSSR count). The first kappa shape index (κ1) is 12.5. The van der Waals surface area contributed by atoms with Crippen molar-refractivity contribution in [2.45, 2.75) is 31.5 Å². The van der Waals surface area contributed by atoms with Crippen molar-refractivity contribution in [2.75, 3.05) is 0 Å². The zero-order valence-corrected chi connectivity index (χ0v) is 11.1. The van der Waals surface area contributed by atoms with Gasteiger partial charge in [0.25, 0.3) is 0 Å². The molecule has 1 aromatic carbocycles. The molecule has 0 aliphatic heterocycles. The molecule has 0 amide bonds. The zero-order valence-electron chi connectivity index (χ0n) is 9.49. The summed E-state index contributed by atoms with van der Waals surface area (Å²) in [7, 11) is 0. The Labute approximate surface area is 102 Å². The summed E-state index contributed by atoms with van der Waals surface area (Å²) in [6.45, 7) is 4.52. The maximum atomic E-state index is 3.71. The molecule has 1 aromatic rings. The Hall–Kier alpha value is -0.560. The van der Waals surface area contributed by atoms with Crippen molar-refractivity contribution in [1.29, 1.82) is 0 Å². The summed E-state index contributed by atoms with van der Waals surface area (Å²) in [6.07, 6.45) is 6.96. The normalized spacial score (nSPS) is 15.4. The van der Waals surface area contributed by atoms with Crippen LogP contribution in [0.2, 0.25) is 0 Å². The molecule has 0 aliphatic rings. The molecular formula is C14H19Br. The summed E-state index contributed by atoms with van der Waals surface area (Å²) in [5.74, 6) is 0.704. The first-order chi connectivity index (χ1) is 7.24. The first-order valence-electron chi connectivity index (χ1n) is 5.61. The van der Waals surface area contributed by atoms with Gasteiger partial charge in [0.2, 0.25) is 0 Å². The van der Waals surface area contributed by atoms with Crippen molar-refractivity contribution in [1.82, 2.24) is 0 Å². The Morgan fingerprint density at radius 2 is 1.93 bits per heavy atom. The number of benzene rings is 1. The van der Waals surface area contributed by atoms with Crippen LogP contribution in [0, 0.1) is 5.92 Å². The second-order valence-corrected chi connectivity index (χ2v) is 5.04. The number of hydrogen-bond donors (Lipinski definition) is 0. The van der Waals surface area contributed by atoms with E-state index in [1.54, 1.807) is 0 Å². The van der Waals surface area contributed by atoms with Crippen molar-refractivity contribution >= 4 is 22.0 Å². The molecule has 0 bridgehead atoms. The molecule has 2 atom stereocenters. The highest BCUT2D eigenvalue weighted by Crippen LogP contribution is 2.20. The number of alkyl halides is 1. The van der Waals surface area contributed by atoms with Crippen LogP contribution in [-0.4, -0.2) is 4.83 Å². The molecule has 0 N–H and O–H groups in total. The maximum absolute atomic E-state index is 3.71. The van der Waals surface area contributed by atoms with Crippen molar-refractivity contribution in [2.24, 2.45) is 5.92 Å². The fraction of sp³-hybridized carbons (Fsp3) is 0.429. The van der Waals surface area contributed by atoms with Crippen LogP contribution in [0.3, 0.4) is 0 Å². The molecule has 0 nitrogen and oxygen atoms in total. The Balaban J connectivity index is 2.50. The smallest absolute Gasteiger partial charge is 0.0354 e. The van der Waals surface area contributed by atoms with Gasteiger partial charge in [0.05, 0.1) is 0 Å². The second kappa shape index (κ2) is 6.84. The summed E-state index contributed by atoms with van der Waals surface area (Å²) in [5.41, 5.74) is 1.27. The molecule has 0 heterocycles. The third-order valence-corrected chi connectivity index (χ3v) is 3.77. The van der Waals surface area contributed by atoms with Gasteiger partial charge in [-0.3, -0.25) is 0 Å². The average molecular weight is 267 g/mol. The molecule has 0 saturated carbocycles. The van der Waals surface area contributed by atoms with E-state index in [0.29, 0.717) is 10.7 Å².